The van der Waals surface area contributed by atoms with Crippen molar-refractivity contribution in [2.24, 2.45) is 0 Å². The van der Waals surface area contributed by atoms with Crippen LogP contribution in [-0.2, 0) is 12.8 Å². The van der Waals surface area contributed by atoms with Gasteiger partial charge < -0.3 is 11.1 Å². The minimum atomic E-state index is -0.0430. The van der Waals surface area contributed by atoms with Gasteiger partial charge in [-0.25, -0.2) is 0 Å². The summed E-state index contributed by atoms with van der Waals surface area (Å²) in [4.78, 5) is 14.6. The molecule has 0 unspecified atom stereocenters. The van der Waals surface area contributed by atoms with Gasteiger partial charge in [0.1, 0.15) is 0 Å². The third-order valence-corrected chi connectivity index (χ3v) is 5.60. The third kappa shape index (κ3) is 3.30. The molecule has 0 spiro atoms. The first-order valence-corrected chi connectivity index (χ1v) is 8.72. The molecule has 3 rings (SSSR count). The maximum atomic E-state index is 12.4. The highest BCUT2D eigenvalue weighted by Gasteiger charge is 2.17. The number of nitrogen functional groups attached to an aromatic ring is 1. The van der Waals surface area contributed by atoms with Gasteiger partial charge in [0.2, 0.25) is 0 Å². The molecule has 1 heterocycles. The van der Waals surface area contributed by atoms with Gasteiger partial charge in [-0.3, -0.25) is 4.79 Å². The van der Waals surface area contributed by atoms with E-state index in [-0.39, 0.29) is 5.91 Å². The number of carbonyl (C=O) groups excluding carboxylic acids is 1. The van der Waals surface area contributed by atoms with Crippen LogP contribution in [0.4, 0.5) is 11.4 Å². The Bertz CT molecular complexity index is 657. The normalized spacial score (nSPS) is 14.3. The fourth-order valence-electron chi connectivity index (χ4n) is 2.60. The predicted molar refractivity (Wildman–Crippen MR) is 92.1 cm³/mol. The molecule has 1 aliphatic carbocycles. The highest BCUT2D eigenvalue weighted by Crippen LogP contribution is 2.30. The molecule has 0 atom stereocenters. The number of benzene rings is 1. The molecule has 0 radical (unpaired) electrons. The maximum Gasteiger partial charge on any atom is 0.265 e. The number of anilines is 2. The molecule has 21 heavy (non-hydrogen) atoms. The zero-order valence-electron chi connectivity index (χ0n) is 11.6. The van der Waals surface area contributed by atoms with Crippen molar-refractivity contribution in [3.63, 3.8) is 0 Å². The summed E-state index contributed by atoms with van der Waals surface area (Å²) in [6.45, 7) is 0. The Morgan fingerprint density at radius 3 is 2.81 bits per heavy atom. The van der Waals surface area contributed by atoms with Crippen molar-refractivity contribution in [3.8, 4) is 0 Å². The standard InChI is InChI=1S/C16H17BrN2OS/c17-12-9-11(18)6-7-13(12)19-16(20)15-8-10-4-2-1-3-5-14(10)21-15/h6-9H,1-5,18H2,(H,19,20). The van der Waals surface area contributed by atoms with E-state index in [0.29, 0.717) is 5.69 Å². The van der Waals surface area contributed by atoms with Crippen LogP contribution in [0.1, 0.15) is 39.4 Å². The predicted octanol–water partition coefficient (Wildman–Crippen LogP) is 4.61. The molecule has 3 nitrogen and oxygen atoms in total. The minimum Gasteiger partial charge on any atom is -0.399 e. The van der Waals surface area contributed by atoms with Crippen molar-refractivity contribution in [2.45, 2.75) is 32.1 Å². The number of halogens is 1. The number of fused-ring (bicyclic) bond motifs is 1. The molecule has 1 aliphatic rings. The lowest BCUT2D eigenvalue weighted by Crippen LogP contribution is -2.10. The quantitative estimate of drug-likeness (QED) is 0.603. The molecule has 5 heteroatoms. The zero-order valence-corrected chi connectivity index (χ0v) is 14.0. The second kappa shape index (κ2) is 6.20. The number of aryl methyl sites for hydroxylation is 2. The summed E-state index contributed by atoms with van der Waals surface area (Å²) in [6.07, 6.45) is 5.97. The molecule has 1 amide bonds. The smallest absolute Gasteiger partial charge is 0.265 e. The number of carbonyl (C=O) groups is 1. The molecule has 0 saturated heterocycles. The molecule has 0 saturated carbocycles. The van der Waals surface area contributed by atoms with Crippen LogP contribution in [0, 0.1) is 0 Å². The van der Waals surface area contributed by atoms with Crippen LogP contribution in [-0.4, -0.2) is 5.91 Å². The van der Waals surface area contributed by atoms with Crippen LogP contribution in [0.15, 0.2) is 28.7 Å². The Balaban J connectivity index is 1.79. The van der Waals surface area contributed by atoms with Gasteiger partial charge in [0, 0.05) is 15.0 Å². The van der Waals surface area contributed by atoms with Crippen molar-refractivity contribution in [1.29, 1.82) is 0 Å². The SMILES string of the molecule is Nc1ccc(NC(=O)c2cc3c(s2)CCCCC3)c(Br)c1. The number of hydrogen-bond acceptors (Lipinski definition) is 3. The first-order valence-electron chi connectivity index (χ1n) is 7.11. The monoisotopic (exact) mass is 364 g/mol. The first-order chi connectivity index (χ1) is 10.1. The zero-order chi connectivity index (χ0) is 14.8. The lowest BCUT2D eigenvalue weighted by Gasteiger charge is -2.06. The fraction of sp³-hybridized carbons (Fsp3) is 0.312. The molecule has 1 aromatic carbocycles. The van der Waals surface area contributed by atoms with E-state index in [9.17, 15) is 4.79 Å². The molecule has 1 aromatic heterocycles. The summed E-state index contributed by atoms with van der Waals surface area (Å²) in [5.74, 6) is -0.0430. The van der Waals surface area contributed by atoms with E-state index < -0.39 is 0 Å². The number of nitrogens with one attached hydrogen (secondary N) is 1. The maximum absolute atomic E-state index is 12.4. The second-order valence-electron chi connectivity index (χ2n) is 5.31. The summed E-state index contributed by atoms with van der Waals surface area (Å²) in [6, 6.07) is 7.45. The Morgan fingerprint density at radius 1 is 1.19 bits per heavy atom. The van der Waals surface area contributed by atoms with Crippen molar-refractivity contribution >= 4 is 44.5 Å². The lowest BCUT2D eigenvalue weighted by molar-refractivity contribution is 0.103. The van der Waals surface area contributed by atoms with E-state index in [0.717, 1.165) is 27.9 Å². The van der Waals surface area contributed by atoms with Crippen LogP contribution >= 0.6 is 27.3 Å². The number of thiophene rings is 1. The number of rotatable bonds is 2. The van der Waals surface area contributed by atoms with Gasteiger partial charge in [0.05, 0.1) is 10.6 Å². The lowest BCUT2D eigenvalue weighted by atomic mass is 10.1. The summed E-state index contributed by atoms with van der Waals surface area (Å²) < 4.78 is 0.800. The molecule has 0 bridgehead atoms. The van der Waals surface area contributed by atoms with Crippen molar-refractivity contribution in [1.82, 2.24) is 0 Å². The van der Waals surface area contributed by atoms with Gasteiger partial charge in [-0.2, -0.15) is 0 Å². The van der Waals surface area contributed by atoms with Gasteiger partial charge in [-0.15, -0.1) is 11.3 Å². The van der Waals surface area contributed by atoms with Crippen LogP contribution in [0.5, 0.6) is 0 Å². The van der Waals surface area contributed by atoms with E-state index in [1.54, 1.807) is 23.5 Å². The molecule has 3 N–H and O–H groups in total. The van der Waals surface area contributed by atoms with Crippen LogP contribution in [0.3, 0.4) is 0 Å². The van der Waals surface area contributed by atoms with Gasteiger partial charge in [-0.1, -0.05) is 6.42 Å². The molecular weight excluding hydrogens is 348 g/mol. The van der Waals surface area contributed by atoms with Crippen LogP contribution in [0.25, 0.3) is 0 Å². The third-order valence-electron chi connectivity index (χ3n) is 3.71. The van der Waals surface area contributed by atoms with E-state index >= 15 is 0 Å². The van der Waals surface area contributed by atoms with Crippen molar-refractivity contribution in [2.75, 3.05) is 11.1 Å². The van der Waals surface area contributed by atoms with Crippen LogP contribution < -0.4 is 11.1 Å². The van der Waals surface area contributed by atoms with Gasteiger partial charge in [0.15, 0.2) is 0 Å². The van der Waals surface area contributed by atoms with Crippen molar-refractivity contribution in [3.05, 3.63) is 44.1 Å². The average molecular weight is 365 g/mol. The Labute approximate surface area is 136 Å². The van der Waals surface area contributed by atoms with Crippen molar-refractivity contribution < 1.29 is 4.79 Å². The molecular formula is C16H17BrN2OS. The Hall–Kier alpha value is -1.33. The number of hydrogen-bond donors (Lipinski definition) is 2. The number of amides is 1. The molecule has 2 aromatic rings. The molecule has 0 aliphatic heterocycles. The Kier molecular flexibility index (Phi) is 4.31. The highest BCUT2D eigenvalue weighted by atomic mass is 79.9. The minimum absolute atomic E-state index is 0.0430. The highest BCUT2D eigenvalue weighted by molar-refractivity contribution is 9.10. The summed E-state index contributed by atoms with van der Waals surface area (Å²) in [7, 11) is 0. The second-order valence-corrected chi connectivity index (χ2v) is 7.30. The van der Waals surface area contributed by atoms with E-state index in [2.05, 4.69) is 27.3 Å². The Morgan fingerprint density at radius 2 is 2.00 bits per heavy atom. The van der Waals surface area contributed by atoms with Crippen LogP contribution in [0.2, 0.25) is 0 Å². The number of nitrogens with two attached hydrogens (primary N) is 1. The largest absolute Gasteiger partial charge is 0.399 e. The summed E-state index contributed by atoms with van der Waals surface area (Å²) in [5, 5.41) is 2.95. The van der Waals surface area contributed by atoms with Gasteiger partial charge >= 0.3 is 0 Å². The molecule has 0 fully saturated rings. The summed E-state index contributed by atoms with van der Waals surface area (Å²) >= 11 is 5.06. The summed E-state index contributed by atoms with van der Waals surface area (Å²) in [5.41, 5.74) is 8.49. The first kappa shape index (κ1) is 14.6. The van der Waals surface area contributed by atoms with E-state index in [1.165, 1.54) is 29.7 Å². The topological polar surface area (TPSA) is 55.1 Å². The van der Waals surface area contributed by atoms with Gasteiger partial charge in [-0.05, 0) is 71.4 Å². The van der Waals surface area contributed by atoms with Gasteiger partial charge in [0.25, 0.3) is 5.91 Å². The van der Waals surface area contributed by atoms with E-state index in [4.69, 9.17) is 5.73 Å². The van der Waals surface area contributed by atoms with E-state index in [1.807, 2.05) is 6.07 Å². The average Bonchev–Trinajstić information content (AvgIpc) is 2.73. The molecule has 110 valence electrons. The fourth-order valence-corrected chi connectivity index (χ4v) is 4.24.